The van der Waals surface area contributed by atoms with E-state index in [0.29, 0.717) is 16.2 Å². The number of aromatic nitrogens is 3. The van der Waals surface area contributed by atoms with Crippen molar-refractivity contribution < 1.29 is 40.1 Å². The Balaban J connectivity index is 0.00000132. The third-order valence-electron chi connectivity index (χ3n) is 4.00. The number of nitrogens with zero attached hydrogens (tertiary/aromatic N) is 2. The molecule has 1 aromatic heterocycles. The van der Waals surface area contributed by atoms with E-state index in [9.17, 15) is 5.11 Å². The Bertz CT molecular complexity index is 720. The molecule has 3 rings (SSSR count). The zero-order valence-corrected chi connectivity index (χ0v) is 17.0. The molecule has 2 aromatic rings. The number of H-pyrrole nitrogens is 1. The zero-order valence-electron chi connectivity index (χ0n) is 12.7. The molecule has 1 aliphatic rings. The van der Waals surface area contributed by atoms with Gasteiger partial charge in [0.1, 0.15) is 11.9 Å². The minimum absolute atomic E-state index is 0. The summed E-state index contributed by atoms with van der Waals surface area (Å²) in [5, 5.41) is 14.7. The molecule has 1 unspecified atom stereocenters. The first-order valence-corrected chi connectivity index (χ1v) is 7.85. The minimum Gasteiger partial charge on any atom is -0.870 e. The molecule has 3 N–H and O–H groups in total. The zero-order chi connectivity index (χ0) is 15.1. The van der Waals surface area contributed by atoms with Crippen LogP contribution in [0.4, 0.5) is 0 Å². The van der Waals surface area contributed by atoms with Crippen LogP contribution in [0, 0.1) is 4.77 Å². The Morgan fingerprint density at radius 3 is 2.57 bits per heavy atom. The van der Waals surface area contributed by atoms with Crippen molar-refractivity contribution >= 4 is 35.4 Å². The van der Waals surface area contributed by atoms with Crippen molar-refractivity contribution in [2.24, 2.45) is 0 Å². The van der Waals surface area contributed by atoms with Crippen LogP contribution in [0.5, 0.6) is 0 Å². The summed E-state index contributed by atoms with van der Waals surface area (Å²) in [5.74, 6) is 0. The molecule has 0 aliphatic heterocycles. The van der Waals surface area contributed by atoms with Gasteiger partial charge in [-0.2, -0.15) is 0 Å². The first kappa shape index (κ1) is 21.1. The molecule has 1 saturated carbocycles. The van der Waals surface area contributed by atoms with Gasteiger partial charge in [0, 0.05) is 11.4 Å². The average Bonchev–Trinajstić information content (AvgIpc) is 3.09. The molecular weight excluding hydrogens is 368 g/mol. The Kier molecular flexibility index (Phi) is 7.32. The molecule has 1 atom stereocenters. The number of nitrogens with one attached hydrogen (secondary N) is 1. The van der Waals surface area contributed by atoms with Gasteiger partial charge in [-0.15, -0.1) is 11.6 Å². The second-order valence-corrected chi connectivity index (χ2v) is 7.02. The van der Waals surface area contributed by atoms with Crippen molar-refractivity contribution in [1.29, 1.82) is 0 Å². The first-order valence-electron chi connectivity index (χ1n) is 6.68. The summed E-state index contributed by atoms with van der Waals surface area (Å²) in [6.45, 7) is 0.264. The van der Waals surface area contributed by atoms with Gasteiger partial charge >= 0.3 is 29.6 Å². The van der Waals surface area contributed by atoms with Crippen LogP contribution in [0.2, 0.25) is 5.02 Å². The van der Waals surface area contributed by atoms with Gasteiger partial charge in [0.25, 0.3) is 0 Å². The summed E-state index contributed by atoms with van der Waals surface area (Å²) in [5.41, 5.74) is -0.260. The number of alkyl halides is 1. The predicted molar refractivity (Wildman–Crippen MR) is 87.3 cm³/mol. The first-order chi connectivity index (χ1) is 9.94. The van der Waals surface area contributed by atoms with Crippen LogP contribution in [-0.4, -0.2) is 35.8 Å². The molecule has 5 nitrogen and oxygen atoms in total. The fourth-order valence-corrected chi connectivity index (χ4v) is 3.14. The molecule has 1 fully saturated rings. The Morgan fingerprint density at radius 2 is 2.04 bits per heavy atom. The van der Waals surface area contributed by atoms with E-state index in [-0.39, 0.29) is 41.6 Å². The third kappa shape index (κ3) is 4.38. The number of benzene rings is 1. The second-order valence-electron chi connectivity index (χ2n) is 5.52. The van der Waals surface area contributed by atoms with Crippen LogP contribution in [0.3, 0.4) is 0 Å². The number of hydrogen-bond acceptors (Lipinski definition) is 4. The van der Waals surface area contributed by atoms with E-state index in [1.807, 2.05) is 24.3 Å². The van der Waals surface area contributed by atoms with Gasteiger partial charge in [-0.05, 0) is 36.7 Å². The van der Waals surface area contributed by atoms with Gasteiger partial charge in [-0.25, -0.2) is 4.98 Å². The van der Waals surface area contributed by atoms with Gasteiger partial charge < -0.3 is 10.6 Å². The Morgan fingerprint density at radius 1 is 1.39 bits per heavy atom. The minimum atomic E-state index is -1.13. The van der Waals surface area contributed by atoms with Crippen LogP contribution in [0.15, 0.2) is 30.6 Å². The maximum Gasteiger partial charge on any atom is 1.00 e. The molecule has 0 radical (unpaired) electrons. The molecule has 0 saturated heterocycles. The average molecular weight is 384 g/mol. The van der Waals surface area contributed by atoms with Crippen LogP contribution in [0.1, 0.15) is 18.4 Å². The van der Waals surface area contributed by atoms with E-state index in [1.54, 1.807) is 4.68 Å². The van der Waals surface area contributed by atoms with E-state index >= 15 is 0 Å². The monoisotopic (exact) mass is 383 g/mol. The quantitative estimate of drug-likeness (QED) is 0.437. The number of aromatic amines is 1. The summed E-state index contributed by atoms with van der Waals surface area (Å²) >= 11 is 17.9. The topological polar surface area (TPSA) is 83.8 Å². The smallest absolute Gasteiger partial charge is 0.870 e. The molecule has 1 aliphatic carbocycles. The molecule has 23 heavy (non-hydrogen) atoms. The van der Waals surface area contributed by atoms with E-state index in [1.165, 1.54) is 6.33 Å². The van der Waals surface area contributed by atoms with E-state index in [0.717, 1.165) is 18.4 Å². The summed E-state index contributed by atoms with van der Waals surface area (Å²) in [4.78, 5) is 3.34. The molecule has 1 heterocycles. The molecule has 0 spiro atoms. The number of halogens is 2. The van der Waals surface area contributed by atoms with Crippen LogP contribution in [-0.2, 0) is 13.0 Å². The summed E-state index contributed by atoms with van der Waals surface area (Å²) in [7, 11) is 0. The molecule has 0 amide bonds. The Labute approximate surface area is 171 Å². The normalized spacial score (nSPS) is 17.5. The molecule has 1 aromatic carbocycles. The third-order valence-corrected chi connectivity index (χ3v) is 5.43. The van der Waals surface area contributed by atoms with Crippen molar-refractivity contribution in [3.8, 4) is 0 Å². The van der Waals surface area contributed by atoms with Crippen molar-refractivity contribution in [2.75, 3.05) is 0 Å². The van der Waals surface area contributed by atoms with Crippen molar-refractivity contribution in [2.45, 2.75) is 36.3 Å². The summed E-state index contributed by atoms with van der Waals surface area (Å²) in [6, 6.07) is 7.48. The molecule has 120 valence electrons. The van der Waals surface area contributed by atoms with E-state index in [2.05, 4.69) is 10.1 Å². The van der Waals surface area contributed by atoms with E-state index in [4.69, 9.17) is 35.4 Å². The van der Waals surface area contributed by atoms with Gasteiger partial charge in [-0.1, -0.05) is 29.8 Å². The van der Waals surface area contributed by atoms with Gasteiger partial charge in [0.15, 0.2) is 0 Å². The summed E-state index contributed by atoms with van der Waals surface area (Å²) < 4.78 is 2.03. The maximum atomic E-state index is 11.2. The fourth-order valence-electron chi connectivity index (χ4n) is 2.54. The van der Waals surface area contributed by atoms with Crippen LogP contribution < -0.4 is 29.6 Å². The van der Waals surface area contributed by atoms with Crippen LogP contribution >= 0.6 is 35.4 Å². The largest absolute Gasteiger partial charge is 1.00 e. The van der Waals surface area contributed by atoms with Crippen LogP contribution in [0.25, 0.3) is 0 Å². The van der Waals surface area contributed by atoms with Crippen molar-refractivity contribution in [3.05, 3.63) is 45.9 Å². The van der Waals surface area contributed by atoms with Crippen molar-refractivity contribution in [3.63, 3.8) is 0 Å². The number of rotatable bonds is 5. The molecule has 9 heteroatoms. The fraction of sp³-hybridized carbons (Fsp3) is 0.429. The summed E-state index contributed by atoms with van der Waals surface area (Å²) in [6.07, 6.45) is 3.43. The number of aliphatic hydroxyl groups is 1. The van der Waals surface area contributed by atoms with E-state index < -0.39 is 10.5 Å². The maximum absolute atomic E-state index is 11.2. The van der Waals surface area contributed by atoms with Gasteiger partial charge in [-0.3, -0.25) is 9.78 Å². The van der Waals surface area contributed by atoms with Crippen molar-refractivity contribution in [1.82, 2.24) is 14.8 Å². The number of hydrogen-bond donors (Lipinski definition) is 2. The van der Waals surface area contributed by atoms with Gasteiger partial charge in [0.2, 0.25) is 4.77 Å². The molecule has 0 bridgehead atoms. The van der Waals surface area contributed by atoms with Gasteiger partial charge in [0.05, 0.1) is 11.4 Å². The second kappa shape index (κ2) is 7.97. The predicted octanol–water partition coefficient (Wildman–Crippen LogP) is 0.166. The SMILES string of the molecule is OC(Cc1ccccc1Cl)(Cn1[nH]cnc1=S)C1(Cl)CC1.[Na+].[OH-]. The molecular formula is C14H16Cl2N3NaO2S. The Hall–Kier alpha value is 0.0800. The standard InChI is InChI=1S/C14H15Cl2N3OS.Na.H2O/c15-11-4-2-1-3-10(11)7-14(20,13(16)5-6-13)8-19-12(21)17-9-18-19;;/h1-4,9,20H,5-8H2,(H,17,18,21);;1H2/q;+1;/p-1.